The van der Waals surface area contributed by atoms with Crippen molar-refractivity contribution in [1.82, 2.24) is 20.1 Å². The lowest BCUT2D eigenvalue weighted by Crippen LogP contribution is -2.25. The largest absolute Gasteiger partial charge is 0.475 e. The minimum Gasteiger partial charge on any atom is -0.475 e. The second kappa shape index (κ2) is 6.72. The minimum atomic E-state index is -1.14. The predicted octanol–water partition coefficient (Wildman–Crippen LogP) is 3.59. The van der Waals surface area contributed by atoms with E-state index in [-0.39, 0.29) is 23.8 Å². The van der Waals surface area contributed by atoms with Crippen LogP contribution in [-0.2, 0) is 12.1 Å². The Bertz CT molecular complexity index is 1120. The van der Waals surface area contributed by atoms with Gasteiger partial charge in [0.2, 0.25) is 5.76 Å². The number of carbonyl (C=O) groups is 2. The number of fused-ring (bicyclic) bond motifs is 1. The van der Waals surface area contributed by atoms with Crippen molar-refractivity contribution in [2.45, 2.75) is 58.5 Å². The van der Waals surface area contributed by atoms with Gasteiger partial charge in [-0.25, -0.2) is 14.5 Å². The number of pyridine rings is 1. The number of amides is 1. The Morgan fingerprint density at radius 1 is 1.31 bits per heavy atom. The van der Waals surface area contributed by atoms with Gasteiger partial charge in [0.15, 0.2) is 5.65 Å². The van der Waals surface area contributed by atoms with Crippen LogP contribution < -0.4 is 5.32 Å². The first-order valence-electron chi connectivity index (χ1n) is 9.66. The summed E-state index contributed by atoms with van der Waals surface area (Å²) in [5.41, 5.74) is 2.66. The number of nitrogens with one attached hydrogen (secondary N) is 1. The van der Waals surface area contributed by atoms with Crippen molar-refractivity contribution in [3.05, 3.63) is 46.7 Å². The summed E-state index contributed by atoms with van der Waals surface area (Å²) in [5, 5.41) is 17.2. The first-order valence-corrected chi connectivity index (χ1v) is 9.66. The summed E-state index contributed by atoms with van der Waals surface area (Å²) < 4.78 is 7.10. The number of aromatic carboxylic acids is 1. The summed E-state index contributed by atoms with van der Waals surface area (Å²) in [6.45, 7) is 8.15. The molecule has 1 saturated carbocycles. The first-order chi connectivity index (χ1) is 13.6. The van der Waals surface area contributed by atoms with E-state index in [1.54, 1.807) is 6.07 Å². The van der Waals surface area contributed by atoms with Gasteiger partial charge in [0.25, 0.3) is 5.91 Å². The normalized spacial score (nSPS) is 14.3. The van der Waals surface area contributed by atoms with Crippen LogP contribution in [-0.4, -0.2) is 31.7 Å². The number of carbonyl (C=O) groups excluding carboxylic acids is 1. The van der Waals surface area contributed by atoms with E-state index in [0.29, 0.717) is 17.2 Å². The molecule has 4 rings (SSSR count). The fourth-order valence-electron chi connectivity index (χ4n) is 3.39. The van der Waals surface area contributed by atoms with Gasteiger partial charge >= 0.3 is 5.97 Å². The van der Waals surface area contributed by atoms with Gasteiger partial charge in [-0.1, -0.05) is 0 Å². The van der Waals surface area contributed by atoms with Gasteiger partial charge in [0.05, 0.1) is 28.7 Å². The highest BCUT2D eigenvalue weighted by atomic mass is 16.4. The van der Waals surface area contributed by atoms with Crippen molar-refractivity contribution < 1.29 is 19.1 Å². The molecule has 0 aliphatic heterocycles. The smallest absolute Gasteiger partial charge is 0.371 e. The van der Waals surface area contributed by atoms with Crippen LogP contribution in [0.15, 0.2) is 22.6 Å². The fourth-order valence-corrected chi connectivity index (χ4v) is 3.39. The molecule has 0 spiro atoms. The molecule has 3 aromatic heterocycles. The van der Waals surface area contributed by atoms with E-state index in [1.165, 1.54) is 6.07 Å². The molecular weight excluding hydrogens is 372 g/mol. The molecule has 0 atom stereocenters. The Hall–Kier alpha value is -3.16. The number of nitrogens with zero attached hydrogens (tertiary/aromatic N) is 3. The van der Waals surface area contributed by atoms with Gasteiger partial charge < -0.3 is 14.8 Å². The van der Waals surface area contributed by atoms with E-state index in [2.05, 4.69) is 31.2 Å². The SMILES string of the molecule is Cc1nn(C(C)(C)C)c2nc(C3CC3)cc(C(=O)NCc3ccc(C(=O)O)o3)c12. The molecular formula is C21H24N4O4. The Labute approximate surface area is 167 Å². The fraction of sp³-hybridized carbons (Fsp3) is 0.429. The first kappa shape index (κ1) is 19.2. The lowest BCUT2D eigenvalue weighted by atomic mass is 10.1. The Balaban J connectivity index is 1.70. The maximum atomic E-state index is 13.0. The van der Waals surface area contributed by atoms with Crippen LogP contribution in [0.5, 0.6) is 0 Å². The zero-order chi connectivity index (χ0) is 20.9. The Kier molecular flexibility index (Phi) is 4.44. The second-order valence-corrected chi connectivity index (χ2v) is 8.49. The molecule has 29 heavy (non-hydrogen) atoms. The molecule has 0 bridgehead atoms. The molecule has 0 saturated heterocycles. The number of carboxylic acids is 1. The van der Waals surface area contributed by atoms with E-state index in [0.717, 1.165) is 35.3 Å². The van der Waals surface area contributed by atoms with E-state index < -0.39 is 5.97 Å². The lowest BCUT2D eigenvalue weighted by Gasteiger charge is -2.20. The average Bonchev–Trinajstić information content (AvgIpc) is 3.29. The van der Waals surface area contributed by atoms with Crippen LogP contribution in [0.3, 0.4) is 0 Å². The monoisotopic (exact) mass is 396 g/mol. The molecule has 1 amide bonds. The molecule has 1 aliphatic carbocycles. The topological polar surface area (TPSA) is 110 Å². The van der Waals surface area contributed by atoms with Gasteiger partial charge in [-0.3, -0.25) is 4.79 Å². The molecule has 0 aromatic carbocycles. The Morgan fingerprint density at radius 3 is 2.62 bits per heavy atom. The molecule has 8 nitrogen and oxygen atoms in total. The van der Waals surface area contributed by atoms with Gasteiger partial charge in [0, 0.05) is 11.6 Å². The zero-order valence-corrected chi connectivity index (χ0v) is 16.9. The zero-order valence-electron chi connectivity index (χ0n) is 16.9. The molecule has 2 N–H and O–H groups in total. The van der Waals surface area contributed by atoms with Gasteiger partial charge in [-0.05, 0) is 58.7 Å². The van der Waals surface area contributed by atoms with Crippen LogP contribution >= 0.6 is 0 Å². The van der Waals surface area contributed by atoms with Gasteiger partial charge in [0.1, 0.15) is 5.76 Å². The highest BCUT2D eigenvalue weighted by Crippen LogP contribution is 2.41. The number of aromatic nitrogens is 3. The van der Waals surface area contributed by atoms with Crippen molar-refractivity contribution in [2.24, 2.45) is 0 Å². The number of hydrogen-bond acceptors (Lipinski definition) is 5. The van der Waals surface area contributed by atoms with Crippen LogP contribution in [0.2, 0.25) is 0 Å². The average molecular weight is 396 g/mol. The van der Waals surface area contributed by atoms with Crippen molar-refractivity contribution in [3.8, 4) is 0 Å². The maximum absolute atomic E-state index is 13.0. The molecule has 0 radical (unpaired) electrons. The van der Waals surface area contributed by atoms with E-state index in [9.17, 15) is 9.59 Å². The van der Waals surface area contributed by atoms with Crippen molar-refractivity contribution >= 4 is 22.9 Å². The summed E-state index contributed by atoms with van der Waals surface area (Å²) in [6.07, 6.45) is 2.15. The summed E-state index contributed by atoms with van der Waals surface area (Å²) in [5.74, 6) is -0.788. The van der Waals surface area contributed by atoms with E-state index in [4.69, 9.17) is 14.5 Å². The third-order valence-corrected chi connectivity index (χ3v) is 5.00. The molecule has 3 heterocycles. The lowest BCUT2D eigenvalue weighted by molar-refractivity contribution is 0.0660. The van der Waals surface area contributed by atoms with Crippen molar-refractivity contribution in [3.63, 3.8) is 0 Å². The molecule has 8 heteroatoms. The third-order valence-electron chi connectivity index (χ3n) is 5.00. The number of rotatable bonds is 5. The van der Waals surface area contributed by atoms with Crippen LogP contribution in [0.1, 0.15) is 77.6 Å². The predicted molar refractivity (Wildman–Crippen MR) is 106 cm³/mol. The third kappa shape index (κ3) is 3.62. The molecule has 152 valence electrons. The molecule has 1 fully saturated rings. The van der Waals surface area contributed by atoms with Crippen LogP contribution in [0, 0.1) is 6.92 Å². The summed E-state index contributed by atoms with van der Waals surface area (Å²) in [4.78, 5) is 28.8. The highest BCUT2D eigenvalue weighted by molar-refractivity contribution is 6.06. The molecule has 3 aromatic rings. The number of carboxylic acid groups (broad SMARTS) is 1. The number of aryl methyl sites for hydroxylation is 1. The summed E-state index contributed by atoms with van der Waals surface area (Å²) >= 11 is 0. The standard InChI is InChI=1S/C21H24N4O4/c1-11-17-14(19(26)22-10-13-7-8-16(29-13)20(27)28)9-15(12-5-6-12)23-18(17)25(24-11)21(2,3)4/h7-9,12H,5-6,10H2,1-4H3,(H,22,26)(H,27,28). The Morgan fingerprint density at radius 2 is 2.03 bits per heavy atom. The summed E-state index contributed by atoms with van der Waals surface area (Å²) in [7, 11) is 0. The van der Waals surface area contributed by atoms with Crippen LogP contribution in [0.4, 0.5) is 0 Å². The van der Waals surface area contributed by atoms with Gasteiger partial charge in [-0.15, -0.1) is 0 Å². The van der Waals surface area contributed by atoms with Crippen LogP contribution in [0.25, 0.3) is 11.0 Å². The number of hydrogen-bond donors (Lipinski definition) is 2. The van der Waals surface area contributed by atoms with Crippen molar-refractivity contribution in [1.29, 1.82) is 0 Å². The quantitative estimate of drug-likeness (QED) is 0.682. The van der Waals surface area contributed by atoms with Crippen molar-refractivity contribution in [2.75, 3.05) is 0 Å². The maximum Gasteiger partial charge on any atom is 0.371 e. The highest BCUT2D eigenvalue weighted by Gasteiger charge is 2.30. The minimum absolute atomic E-state index is 0.0984. The number of furan rings is 1. The van der Waals surface area contributed by atoms with E-state index in [1.807, 2.05) is 17.7 Å². The van der Waals surface area contributed by atoms with Gasteiger partial charge in [-0.2, -0.15) is 5.10 Å². The van der Waals surface area contributed by atoms with E-state index >= 15 is 0 Å². The second-order valence-electron chi connectivity index (χ2n) is 8.49. The molecule has 1 aliphatic rings. The summed E-state index contributed by atoms with van der Waals surface area (Å²) in [6, 6.07) is 4.78. The molecule has 0 unspecified atom stereocenters.